The highest BCUT2D eigenvalue weighted by Gasteiger charge is 2.27. The summed E-state index contributed by atoms with van der Waals surface area (Å²) in [5.74, 6) is 1.14. The SMILES string of the molecule is COc1cc(C)c(C2NCCc3c2[nH]c2ccc(F)cc32)cc1C(C)C. The maximum Gasteiger partial charge on any atom is 0.123 e. The molecule has 0 saturated carbocycles. The van der Waals surface area contributed by atoms with E-state index >= 15 is 0 Å². The number of ether oxygens (including phenoxy) is 1. The molecular weight excluding hydrogens is 327 g/mol. The number of hydrogen-bond donors (Lipinski definition) is 2. The Morgan fingerprint density at radius 1 is 1.19 bits per heavy atom. The van der Waals surface area contributed by atoms with Gasteiger partial charge in [0.2, 0.25) is 0 Å². The molecule has 3 nitrogen and oxygen atoms in total. The molecular formula is C22H25FN2O. The van der Waals surface area contributed by atoms with E-state index in [1.807, 2.05) is 6.07 Å². The van der Waals surface area contributed by atoms with Crippen LogP contribution in [-0.2, 0) is 6.42 Å². The van der Waals surface area contributed by atoms with Crippen molar-refractivity contribution < 1.29 is 9.13 Å². The molecule has 0 fully saturated rings. The van der Waals surface area contributed by atoms with Crippen LogP contribution in [0.2, 0.25) is 0 Å². The van der Waals surface area contributed by atoms with Gasteiger partial charge in [-0.25, -0.2) is 4.39 Å². The number of fused-ring (bicyclic) bond motifs is 3. The van der Waals surface area contributed by atoms with Crippen molar-refractivity contribution in [2.24, 2.45) is 0 Å². The van der Waals surface area contributed by atoms with Crippen LogP contribution in [0.1, 0.15) is 53.8 Å². The second kappa shape index (κ2) is 6.44. The number of H-pyrrole nitrogens is 1. The fourth-order valence-corrected chi connectivity index (χ4v) is 4.12. The number of rotatable bonds is 3. The number of benzene rings is 2. The van der Waals surface area contributed by atoms with Gasteiger partial charge >= 0.3 is 0 Å². The van der Waals surface area contributed by atoms with Gasteiger partial charge in [-0.05, 0) is 71.8 Å². The molecule has 2 heterocycles. The highest BCUT2D eigenvalue weighted by atomic mass is 19.1. The van der Waals surface area contributed by atoms with E-state index in [0.717, 1.165) is 35.3 Å². The lowest BCUT2D eigenvalue weighted by Gasteiger charge is -2.27. The van der Waals surface area contributed by atoms with Gasteiger partial charge in [-0.1, -0.05) is 13.8 Å². The summed E-state index contributed by atoms with van der Waals surface area (Å²) in [6.45, 7) is 7.37. The van der Waals surface area contributed by atoms with E-state index in [2.05, 4.69) is 43.2 Å². The molecule has 3 aromatic rings. The van der Waals surface area contributed by atoms with Gasteiger partial charge in [-0.3, -0.25) is 0 Å². The molecule has 4 heteroatoms. The van der Waals surface area contributed by atoms with Crippen molar-refractivity contribution in [2.75, 3.05) is 13.7 Å². The highest BCUT2D eigenvalue weighted by Crippen LogP contribution is 2.38. The van der Waals surface area contributed by atoms with Gasteiger partial charge in [0, 0.05) is 23.1 Å². The first-order valence-corrected chi connectivity index (χ1v) is 9.21. The summed E-state index contributed by atoms with van der Waals surface area (Å²) in [6, 6.07) is 9.47. The molecule has 1 aliphatic rings. The van der Waals surface area contributed by atoms with Crippen molar-refractivity contribution in [1.82, 2.24) is 10.3 Å². The standard InChI is InChI=1S/C22H25FN2O/c1-12(2)16-11-17(13(3)9-20(16)26-4)21-22-15(7-8-24-21)18-10-14(23)5-6-19(18)25-22/h5-6,9-12,21,24-25H,7-8H2,1-4H3. The van der Waals surface area contributed by atoms with E-state index in [9.17, 15) is 4.39 Å². The zero-order valence-electron chi connectivity index (χ0n) is 15.7. The number of aromatic nitrogens is 1. The van der Waals surface area contributed by atoms with Crippen LogP contribution < -0.4 is 10.1 Å². The monoisotopic (exact) mass is 352 g/mol. The topological polar surface area (TPSA) is 37.0 Å². The Morgan fingerprint density at radius 2 is 2.00 bits per heavy atom. The van der Waals surface area contributed by atoms with Crippen LogP contribution in [-0.4, -0.2) is 18.6 Å². The summed E-state index contributed by atoms with van der Waals surface area (Å²) in [4.78, 5) is 3.54. The Morgan fingerprint density at radius 3 is 2.73 bits per heavy atom. The number of methoxy groups -OCH3 is 1. The number of aryl methyl sites for hydroxylation is 1. The molecule has 0 aliphatic carbocycles. The second-order valence-electron chi connectivity index (χ2n) is 7.45. The van der Waals surface area contributed by atoms with Crippen molar-refractivity contribution in [2.45, 2.75) is 39.2 Å². The molecule has 0 saturated heterocycles. The Balaban J connectivity index is 1.88. The van der Waals surface area contributed by atoms with E-state index in [4.69, 9.17) is 4.74 Å². The van der Waals surface area contributed by atoms with Gasteiger partial charge < -0.3 is 15.0 Å². The zero-order valence-corrected chi connectivity index (χ0v) is 15.7. The second-order valence-corrected chi connectivity index (χ2v) is 7.45. The van der Waals surface area contributed by atoms with Gasteiger partial charge in [0.15, 0.2) is 0 Å². The fraction of sp³-hybridized carbons (Fsp3) is 0.364. The molecule has 136 valence electrons. The summed E-state index contributed by atoms with van der Waals surface area (Å²) >= 11 is 0. The molecule has 4 rings (SSSR count). The summed E-state index contributed by atoms with van der Waals surface area (Å²) in [5, 5.41) is 4.65. The minimum Gasteiger partial charge on any atom is -0.496 e. The largest absolute Gasteiger partial charge is 0.496 e. The maximum atomic E-state index is 13.8. The molecule has 0 bridgehead atoms. The molecule has 1 aliphatic heterocycles. The molecule has 1 unspecified atom stereocenters. The van der Waals surface area contributed by atoms with Crippen LogP contribution >= 0.6 is 0 Å². The van der Waals surface area contributed by atoms with Crippen LogP contribution in [0.25, 0.3) is 10.9 Å². The van der Waals surface area contributed by atoms with Gasteiger partial charge in [0.1, 0.15) is 11.6 Å². The fourth-order valence-electron chi connectivity index (χ4n) is 4.12. The normalized spacial score (nSPS) is 16.9. The smallest absolute Gasteiger partial charge is 0.123 e. The Kier molecular flexibility index (Phi) is 4.23. The number of nitrogens with one attached hydrogen (secondary N) is 2. The third-order valence-corrected chi connectivity index (χ3v) is 5.46. The molecule has 0 spiro atoms. The summed E-state index contributed by atoms with van der Waals surface area (Å²) in [6.07, 6.45) is 0.904. The molecule has 1 aromatic heterocycles. The lowest BCUT2D eigenvalue weighted by atomic mass is 9.88. The van der Waals surface area contributed by atoms with E-state index in [-0.39, 0.29) is 11.9 Å². The number of aromatic amines is 1. The number of halogens is 1. The Hall–Kier alpha value is -2.33. The van der Waals surface area contributed by atoms with Crippen molar-refractivity contribution in [3.63, 3.8) is 0 Å². The first-order chi connectivity index (χ1) is 12.5. The first-order valence-electron chi connectivity index (χ1n) is 9.21. The summed E-state index contributed by atoms with van der Waals surface area (Å²) in [7, 11) is 1.73. The summed E-state index contributed by atoms with van der Waals surface area (Å²) < 4.78 is 19.3. The highest BCUT2D eigenvalue weighted by molar-refractivity contribution is 5.85. The molecule has 2 aromatic carbocycles. The van der Waals surface area contributed by atoms with Gasteiger partial charge in [-0.2, -0.15) is 0 Å². The third kappa shape index (κ3) is 2.69. The van der Waals surface area contributed by atoms with Crippen molar-refractivity contribution in [1.29, 1.82) is 0 Å². The van der Waals surface area contributed by atoms with E-state index in [1.54, 1.807) is 13.2 Å². The van der Waals surface area contributed by atoms with E-state index < -0.39 is 0 Å². The van der Waals surface area contributed by atoms with Crippen molar-refractivity contribution in [3.8, 4) is 5.75 Å². The average Bonchev–Trinajstić information content (AvgIpc) is 2.99. The van der Waals surface area contributed by atoms with Crippen LogP contribution in [0.5, 0.6) is 5.75 Å². The van der Waals surface area contributed by atoms with Gasteiger partial charge in [-0.15, -0.1) is 0 Å². The zero-order chi connectivity index (χ0) is 18.4. The lowest BCUT2D eigenvalue weighted by Crippen LogP contribution is -2.31. The Bertz CT molecular complexity index is 974. The third-order valence-electron chi connectivity index (χ3n) is 5.46. The minimum absolute atomic E-state index is 0.0811. The number of hydrogen-bond acceptors (Lipinski definition) is 2. The van der Waals surface area contributed by atoms with Gasteiger partial charge in [0.25, 0.3) is 0 Å². The molecule has 0 radical (unpaired) electrons. The first kappa shape index (κ1) is 17.1. The van der Waals surface area contributed by atoms with E-state index in [0.29, 0.717) is 5.92 Å². The Labute approximate surface area is 153 Å². The minimum atomic E-state index is -0.183. The van der Waals surface area contributed by atoms with Crippen LogP contribution in [0.4, 0.5) is 4.39 Å². The molecule has 0 amide bonds. The maximum absolute atomic E-state index is 13.8. The molecule has 26 heavy (non-hydrogen) atoms. The van der Waals surface area contributed by atoms with Gasteiger partial charge in [0.05, 0.1) is 13.2 Å². The van der Waals surface area contributed by atoms with Crippen LogP contribution in [0, 0.1) is 12.7 Å². The summed E-state index contributed by atoms with van der Waals surface area (Å²) in [5.41, 5.74) is 7.04. The molecule has 1 atom stereocenters. The van der Waals surface area contributed by atoms with Crippen molar-refractivity contribution in [3.05, 3.63) is 64.1 Å². The molecule has 2 N–H and O–H groups in total. The predicted molar refractivity (Wildman–Crippen MR) is 104 cm³/mol. The predicted octanol–water partition coefficient (Wildman–Crippen LogP) is 4.98. The van der Waals surface area contributed by atoms with Crippen molar-refractivity contribution >= 4 is 10.9 Å². The van der Waals surface area contributed by atoms with Crippen LogP contribution in [0.3, 0.4) is 0 Å². The quantitative estimate of drug-likeness (QED) is 0.697. The lowest BCUT2D eigenvalue weighted by molar-refractivity contribution is 0.406. The van der Waals surface area contributed by atoms with E-state index in [1.165, 1.54) is 28.3 Å². The van der Waals surface area contributed by atoms with Crippen LogP contribution in [0.15, 0.2) is 30.3 Å². The average molecular weight is 352 g/mol.